The van der Waals surface area contributed by atoms with Gasteiger partial charge in [-0.3, -0.25) is 0 Å². The van der Waals surface area contributed by atoms with Gasteiger partial charge >= 0.3 is 0 Å². The minimum atomic E-state index is 0.189. The molecule has 3 heteroatoms. The van der Waals surface area contributed by atoms with Gasteiger partial charge in [-0.1, -0.05) is 0 Å². The molecule has 2 atom stereocenters. The zero-order chi connectivity index (χ0) is 11.9. The van der Waals surface area contributed by atoms with Gasteiger partial charge in [0.05, 0.1) is 6.10 Å². The lowest BCUT2D eigenvalue weighted by molar-refractivity contribution is 0.0578. The lowest BCUT2D eigenvalue weighted by atomic mass is 9.95. The molecule has 96 valence electrons. The molecule has 1 aliphatic heterocycles. The number of hydrogen-bond acceptors (Lipinski definition) is 2. The van der Waals surface area contributed by atoms with Crippen LogP contribution in [0.4, 0.5) is 0 Å². The normalized spacial score (nSPS) is 22.5. The van der Waals surface area contributed by atoms with Crippen molar-refractivity contribution in [1.29, 1.82) is 0 Å². The molecule has 1 aromatic rings. The largest absolute Gasteiger partial charge is 0.372 e. The van der Waals surface area contributed by atoms with Crippen molar-refractivity contribution < 1.29 is 4.74 Å². The van der Waals surface area contributed by atoms with Gasteiger partial charge in [0.1, 0.15) is 0 Å². The van der Waals surface area contributed by atoms with Crippen LogP contribution < -0.4 is 5.32 Å². The fourth-order valence-electron chi connectivity index (χ4n) is 2.49. The lowest BCUT2D eigenvalue weighted by Gasteiger charge is -2.22. The number of piperidine rings is 1. The van der Waals surface area contributed by atoms with Crippen LogP contribution in [-0.4, -0.2) is 24.7 Å². The molecule has 0 radical (unpaired) electrons. The predicted molar refractivity (Wildman–Crippen MR) is 70.0 cm³/mol. The second-order valence-electron chi connectivity index (χ2n) is 4.99. The number of ether oxygens (including phenoxy) is 1. The first-order valence-corrected chi connectivity index (χ1v) is 6.82. The Bertz CT molecular complexity index is 291. The molecule has 0 amide bonds. The maximum atomic E-state index is 5.83. The molecular weight excluding hydrogens is 212 g/mol. The van der Waals surface area contributed by atoms with E-state index in [-0.39, 0.29) is 6.10 Å². The Labute approximate surface area is 104 Å². The molecule has 3 nitrogen and oxygen atoms in total. The topological polar surface area (TPSA) is 37.0 Å². The smallest absolute Gasteiger partial charge is 0.0944 e. The van der Waals surface area contributed by atoms with Crippen molar-refractivity contribution in [2.75, 3.05) is 19.7 Å². The van der Waals surface area contributed by atoms with Crippen molar-refractivity contribution >= 4 is 0 Å². The third-order valence-corrected chi connectivity index (χ3v) is 3.58. The van der Waals surface area contributed by atoms with Crippen LogP contribution in [0.25, 0.3) is 0 Å². The van der Waals surface area contributed by atoms with Crippen molar-refractivity contribution in [3.63, 3.8) is 0 Å². The summed E-state index contributed by atoms with van der Waals surface area (Å²) in [5.74, 6) is 0.869. The quantitative estimate of drug-likeness (QED) is 0.745. The second kappa shape index (κ2) is 6.82. The third-order valence-electron chi connectivity index (χ3n) is 3.58. The van der Waals surface area contributed by atoms with Gasteiger partial charge in [-0.25, -0.2) is 0 Å². The van der Waals surface area contributed by atoms with Crippen LogP contribution >= 0.6 is 0 Å². The minimum absolute atomic E-state index is 0.189. The fraction of sp³-hybridized carbons (Fsp3) is 0.714. The highest BCUT2D eigenvalue weighted by Crippen LogP contribution is 2.18. The molecular formula is C14H24N2O. The maximum absolute atomic E-state index is 5.83. The summed E-state index contributed by atoms with van der Waals surface area (Å²) in [4.78, 5) is 3.19. The molecule has 2 rings (SSSR count). The van der Waals surface area contributed by atoms with Crippen molar-refractivity contribution in [3.05, 3.63) is 24.0 Å². The highest BCUT2D eigenvalue weighted by Gasteiger charge is 2.12. The molecule has 0 unspecified atom stereocenters. The van der Waals surface area contributed by atoms with Gasteiger partial charge in [0, 0.05) is 18.5 Å². The Morgan fingerprint density at radius 1 is 1.53 bits per heavy atom. The first kappa shape index (κ1) is 12.7. The molecule has 2 heterocycles. The van der Waals surface area contributed by atoms with E-state index in [1.165, 1.54) is 44.5 Å². The molecule has 0 bridgehead atoms. The van der Waals surface area contributed by atoms with Gasteiger partial charge in [-0.05, 0) is 63.7 Å². The summed E-state index contributed by atoms with van der Waals surface area (Å²) >= 11 is 0. The molecule has 0 spiro atoms. The Hall–Kier alpha value is -0.800. The van der Waals surface area contributed by atoms with E-state index in [1.54, 1.807) is 0 Å². The molecule has 1 aliphatic rings. The molecule has 1 fully saturated rings. The Kier molecular flexibility index (Phi) is 5.08. The van der Waals surface area contributed by atoms with E-state index in [2.05, 4.69) is 23.3 Å². The number of H-pyrrole nitrogens is 1. The molecule has 1 saturated heterocycles. The van der Waals surface area contributed by atoms with Gasteiger partial charge in [0.15, 0.2) is 0 Å². The fourth-order valence-corrected chi connectivity index (χ4v) is 2.49. The Balaban J connectivity index is 1.56. The van der Waals surface area contributed by atoms with E-state index in [4.69, 9.17) is 4.74 Å². The van der Waals surface area contributed by atoms with Crippen LogP contribution in [0.1, 0.15) is 44.4 Å². The monoisotopic (exact) mass is 236 g/mol. The number of hydrogen-bond donors (Lipinski definition) is 2. The number of aromatic amines is 1. The molecule has 2 N–H and O–H groups in total. The van der Waals surface area contributed by atoms with Crippen LogP contribution in [0.3, 0.4) is 0 Å². The van der Waals surface area contributed by atoms with Crippen LogP contribution in [0.2, 0.25) is 0 Å². The standard InChI is InChI=1S/C14H24N2O/c1-12(14-7-3-9-16-14)17-10-4-6-13-5-2-8-15-11-13/h3,7,9,12-13,15-16H,2,4-6,8,10-11H2,1H3/t12-,13-/m1/s1. The summed E-state index contributed by atoms with van der Waals surface area (Å²) < 4.78 is 5.83. The summed E-state index contributed by atoms with van der Waals surface area (Å²) in [6.45, 7) is 5.38. The predicted octanol–water partition coefficient (Wildman–Crippen LogP) is 2.87. The highest BCUT2D eigenvalue weighted by atomic mass is 16.5. The van der Waals surface area contributed by atoms with Crippen molar-refractivity contribution in [2.45, 2.75) is 38.7 Å². The van der Waals surface area contributed by atoms with Crippen molar-refractivity contribution in [1.82, 2.24) is 10.3 Å². The molecule has 0 saturated carbocycles. The Morgan fingerprint density at radius 2 is 2.47 bits per heavy atom. The average Bonchev–Trinajstić information content (AvgIpc) is 2.89. The number of nitrogens with one attached hydrogen (secondary N) is 2. The third kappa shape index (κ3) is 4.17. The zero-order valence-corrected chi connectivity index (χ0v) is 10.7. The van der Waals surface area contributed by atoms with Crippen LogP contribution in [-0.2, 0) is 4.74 Å². The average molecular weight is 236 g/mol. The van der Waals surface area contributed by atoms with E-state index < -0.39 is 0 Å². The summed E-state index contributed by atoms with van der Waals surface area (Å²) in [5.41, 5.74) is 1.17. The first-order valence-electron chi connectivity index (χ1n) is 6.82. The number of aromatic nitrogens is 1. The van der Waals surface area contributed by atoms with Crippen LogP contribution in [0.5, 0.6) is 0 Å². The lowest BCUT2D eigenvalue weighted by Crippen LogP contribution is -2.29. The van der Waals surface area contributed by atoms with Crippen LogP contribution in [0.15, 0.2) is 18.3 Å². The first-order chi connectivity index (χ1) is 8.36. The van der Waals surface area contributed by atoms with Crippen molar-refractivity contribution in [3.8, 4) is 0 Å². The summed E-state index contributed by atoms with van der Waals surface area (Å²) in [6.07, 6.45) is 7.34. The SMILES string of the molecule is C[C@@H](OCCC[C@H]1CCCNC1)c1ccc[nH]1. The second-order valence-corrected chi connectivity index (χ2v) is 4.99. The van der Waals surface area contributed by atoms with Gasteiger partial charge in [0.25, 0.3) is 0 Å². The van der Waals surface area contributed by atoms with E-state index in [9.17, 15) is 0 Å². The van der Waals surface area contributed by atoms with Gasteiger partial charge in [-0.15, -0.1) is 0 Å². The maximum Gasteiger partial charge on any atom is 0.0944 e. The van der Waals surface area contributed by atoms with Crippen molar-refractivity contribution in [2.24, 2.45) is 5.92 Å². The molecule has 0 aromatic carbocycles. The van der Waals surface area contributed by atoms with Gasteiger partial charge in [-0.2, -0.15) is 0 Å². The van der Waals surface area contributed by atoms with E-state index >= 15 is 0 Å². The number of rotatable bonds is 6. The Morgan fingerprint density at radius 3 is 3.18 bits per heavy atom. The zero-order valence-electron chi connectivity index (χ0n) is 10.7. The molecule has 1 aromatic heterocycles. The minimum Gasteiger partial charge on any atom is -0.372 e. The van der Waals surface area contributed by atoms with Gasteiger partial charge in [0.2, 0.25) is 0 Å². The van der Waals surface area contributed by atoms with E-state index in [0.717, 1.165) is 12.5 Å². The molecule has 0 aliphatic carbocycles. The summed E-state index contributed by atoms with van der Waals surface area (Å²) in [5, 5.41) is 3.46. The van der Waals surface area contributed by atoms with E-state index in [0.29, 0.717) is 0 Å². The summed E-state index contributed by atoms with van der Waals surface area (Å²) in [6, 6.07) is 4.10. The highest BCUT2D eigenvalue weighted by molar-refractivity contribution is 5.06. The summed E-state index contributed by atoms with van der Waals surface area (Å²) in [7, 11) is 0. The molecule has 17 heavy (non-hydrogen) atoms. The van der Waals surface area contributed by atoms with E-state index in [1.807, 2.05) is 12.3 Å². The van der Waals surface area contributed by atoms with Crippen LogP contribution in [0, 0.1) is 5.92 Å². The van der Waals surface area contributed by atoms with Gasteiger partial charge < -0.3 is 15.0 Å².